The highest BCUT2D eigenvalue weighted by atomic mass is 16.3. The topological polar surface area (TPSA) is 88.0 Å². The van der Waals surface area contributed by atoms with Crippen LogP contribution >= 0.6 is 0 Å². The lowest BCUT2D eigenvalue weighted by Crippen LogP contribution is -2.34. The molecule has 0 spiro atoms. The molecular weight excluding hydrogens is 246 g/mol. The molecule has 0 aliphatic heterocycles. The number of H-pyrrole nitrogens is 1. The summed E-state index contributed by atoms with van der Waals surface area (Å²) in [5.74, 6) is 0.702. The first kappa shape index (κ1) is 12.0. The van der Waals surface area contributed by atoms with Crippen LogP contribution in [0.1, 0.15) is 35.9 Å². The van der Waals surface area contributed by atoms with Gasteiger partial charge in [-0.2, -0.15) is 0 Å². The minimum atomic E-state index is -0.355. The Labute approximate surface area is 109 Å². The Kier molecular flexibility index (Phi) is 2.66. The molecular formula is C13H15N3O3. The van der Waals surface area contributed by atoms with Gasteiger partial charge in [-0.1, -0.05) is 0 Å². The normalized spacial score (nSPS) is 16.5. The predicted molar refractivity (Wildman–Crippen MR) is 69.0 cm³/mol. The summed E-state index contributed by atoms with van der Waals surface area (Å²) in [5, 5.41) is 3.15. The van der Waals surface area contributed by atoms with Crippen molar-refractivity contribution in [3.63, 3.8) is 0 Å². The van der Waals surface area contributed by atoms with Crippen molar-refractivity contribution in [2.75, 3.05) is 0 Å². The summed E-state index contributed by atoms with van der Waals surface area (Å²) in [6.07, 6.45) is 3.56. The van der Waals surface area contributed by atoms with Crippen molar-refractivity contribution < 1.29 is 9.21 Å². The first-order valence-electron chi connectivity index (χ1n) is 6.35. The van der Waals surface area contributed by atoms with E-state index in [4.69, 9.17) is 4.42 Å². The number of nitrogens with one attached hydrogen (secondary N) is 2. The van der Waals surface area contributed by atoms with Crippen LogP contribution in [0.15, 0.2) is 15.5 Å². The molecule has 19 heavy (non-hydrogen) atoms. The van der Waals surface area contributed by atoms with Crippen molar-refractivity contribution in [1.29, 1.82) is 0 Å². The number of carbonyl (C=O) groups excluding carboxylic acids is 1. The summed E-state index contributed by atoms with van der Waals surface area (Å²) in [6.45, 7) is 3.65. The summed E-state index contributed by atoms with van der Waals surface area (Å²) in [6, 6.07) is 0.118. The van der Waals surface area contributed by atoms with E-state index in [0.29, 0.717) is 11.7 Å². The van der Waals surface area contributed by atoms with E-state index in [2.05, 4.69) is 15.3 Å². The molecule has 2 aromatic rings. The van der Waals surface area contributed by atoms with Gasteiger partial charge in [-0.15, -0.1) is 0 Å². The fourth-order valence-corrected chi connectivity index (χ4v) is 2.32. The molecule has 1 aliphatic rings. The number of amides is 1. The van der Waals surface area contributed by atoms with Crippen molar-refractivity contribution in [3.8, 4) is 0 Å². The SMILES string of the molecule is Cc1oc2nc[nH]c(=O)c2c1C(=O)N[C@H](C)C1CC1. The zero-order valence-electron chi connectivity index (χ0n) is 10.8. The van der Waals surface area contributed by atoms with E-state index in [-0.39, 0.29) is 34.2 Å². The Balaban J connectivity index is 2.01. The number of rotatable bonds is 3. The van der Waals surface area contributed by atoms with Crippen LogP contribution in [0, 0.1) is 12.8 Å². The van der Waals surface area contributed by atoms with Crippen molar-refractivity contribution in [1.82, 2.24) is 15.3 Å². The van der Waals surface area contributed by atoms with Crippen LogP contribution in [-0.4, -0.2) is 21.9 Å². The van der Waals surface area contributed by atoms with Crippen molar-refractivity contribution in [2.24, 2.45) is 5.92 Å². The van der Waals surface area contributed by atoms with Crippen LogP contribution in [0.3, 0.4) is 0 Å². The zero-order chi connectivity index (χ0) is 13.6. The molecule has 6 nitrogen and oxygen atoms in total. The summed E-state index contributed by atoms with van der Waals surface area (Å²) in [5.41, 5.74) is 0.133. The molecule has 1 saturated carbocycles. The van der Waals surface area contributed by atoms with Gasteiger partial charge in [0.15, 0.2) is 0 Å². The number of furan rings is 1. The quantitative estimate of drug-likeness (QED) is 0.873. The number of hydrogen-bond donors (Lipinski definition) is 2. The number of aromatic amines is 1. The van der Waals surface area contributed by atoms with E-state index in [9.17, 15) is 9.59 Å². The van der Waals surface area contributed by atoms with Gasteiger partial charge in [0, 0.05) is 6.04 Å². The van der Waals surface area contributed by atoms with Crippen molar-refractivity contribution in [2.45, 2.75) is 32.7 Å². The Morgan fingerprint density at radius 2 is 2.32 bits per heavy atom. The monoisotopic (exact) mass is 261 g/mol. The van der Waals surface area contributed by atoms with Gasteiger partial charge in [-0.25, -0.2) is 4.98 Å². The average molecular weight is 261 g/mol. The van der Waals surface area contributed by atoms with Gasteiger partial charge < -0.3 is 14.7 Å². The van der Waals surface area contributed by atoms with E-state index >= 15 is 0 Å². The summed E-state index contributed by atoms with van der Waals surface area (Å²) in [7, 11) is 0. The standard InChI is InChI=1S/C13H15N3O3/c1-6(8-3-4-8)16-12(18)9-7(2)19-13-10(9)11(17)14-5-15-13/h5-6,8H,3-4H2,1-2H3,(H,16,18)(H,14,15,17)/t6-/m1/s1. The van der Waals surface area contributed by atoms with Crippen LogP contribution < -0.4 is 10.9 Å². The van der Waals surface area contributed by atoms with E-state index in [1.807, 2.05) is 6.92 Å². The molecule has 1 fully saturated rings. The second-order valence-corrected chi connectivity index (χ2v) is 5.04. The Morgan fingerprint density at radius 3 is 3.00 bits per heavy atom. The molecule has 1 atom stereocenters. The average Bonchev–Trinajstić information content (AvgIpc) is 3.12. The molecule has 3 rings (SSSR count). The first-order chi connectivity index (χ1) is 9.08. The Morgan fingerprint density at radius 1 is 1.58 bits per heavy atom. The first-order valence-corrected chi connectivity index (χ1v) is 6.35. The highest BCUT2D eigenvalue weighted by molar-refractivity contribution is 6.06. The van der Waals surface area contributed by atoms with Crippen molar-refractivity contribution in [3.05, 3.63) is 28.0 Å². The number of fused-ring (bicyclic) bond motifs is 1. The molecule has 2 N–H and O–H groups in total. The molecule has 0 aromatic carbocycles. The maximum atomic E-state index is 12.3. The Bertz CT molecular complexity index is 697. The third-order valence-electron chi connectivity index (χ3n) is 3.59. The fourth-order valence-electron chi connectivity index (χ4n) is 2.32. The molecule has 6 heteroatoms. The molecule has 0 radical (unpaired) electrons. The van der Waals surface area contributed by atoms with Crippen molar-refractivity contribution >= 4 is 17.0 Å². The number of nitrogens with zero attached hydrogens (tertiary/aromatic N) is 1. The minimum absolute atomic E-state index is 0.118. The summed E-state index contributed by atoms with van der Waals surface area (Å²) < 4.78 is 5.37. The Hall–Kier alpha value is -2.11. The summed E-state index contributed by atoms with van der Waals surface area (Å²) in [4.78, 5) is 30.5. The maximum Gasteiger partial charge on any atom is 0.262 e. The van der Waals surface area contributed by atoms with Gasteiger partial charge in [0.1, 0.15) is 11.1 Å². The molecule has 2 aromatic heterocycles. The number of carbonyl (C=O) groups is 1. The highest BCUT2D eigenvalue weighted by Gasteiger charge is 2.30. The smallest absolute Gasteiger partial charge is 0.262 e. The second kappa shape index (κ2) is 4.22. The van der Waals surface area contributed by atoms with Gasteiger partial charge in [-0.3, -0.25) is 9.59 Å². The van der Waals surface area contributed by atoms with Gasteiger partial charge in [-0.05, 0) is 32.6 Å². The number of hydrogen-bond acceptors (Lipinski definition) is 4. The number of aromatic nitrogens is 2. The number of aryl methyl sites for hydroxylation is 1. The minimum Gasteiger partial charge on any atom is -0.442 e. The molecule has 1 amide bonds. The molecule has 1 aliphatic carbocycles. The van der Waals surface area contributed by atoms with E-state index < -0.39 is 0 Å². The molecule has 0 saturated heterocycles. The predicted octanol–water partition coefficient (Wildman–Crippen LogP) is 1.35. The lowest BCUT2D eigenvalue weighted by Gasteiger charge is -2.12. The van der Waals surface area contributed by atoms with Gasteiger partial charge in [0.2, 0.25) is 5.71 Å². The second-order valence-electron chi connectivity index (χ2n) is 5.04. The lowest BCUT2D eigenvalue weighted by atomic mass is 10.1. The maximum absolute atomic E-state index is 12.3. The third kappa shape index (κ3) is 2.03. The van der Waals surface area contributed by atoms with E-state index in [0.717, 1.165) is 12.8 Å². The molecule has 0 unspecified atom stereocenters. The fraction of sp³-hybridized carbons (Fsp3) is 0.462. The van der Waals surface area contributed by atoms with E-state index in [1.165, 1.54) is 6.33 Å². The third-order valence-corrected chi connectivity index (χ3v) is 3.59. The lowest BCUT2D eigenvalue weighted by molar-refractivity contribution is 0.0935. The van der Waals surface area contributed by atoms with Crippen LogP contribution in [0.5, 0.6) is 0 Å². The molecule has 100 valence electrons. The highest BCUT2D eigenvalue weighted by Crippen LogP contribution is 2.32. The van der Waals surface area contributed by atoms with Crippen LogP contribution in [0.25, 0.3) is 11.1 Å². The van der Waals surface area contributed by atoms with Crippen LogP contribution in [0.4, 0.5) is 0 Å². The van der Waals surface area contributed by atoms with Gasteiger partial charge in [0.25, 0.3) is 11.5 Å². The molecule has 2 heterocycles. The zero-order valence-corrected chi connectivity index (χ0v) is 10.8. The largest absolute Gasteiger partial charge is 0.442 e. The van der Waals surface area contributed by atoms with Crippen LogP contribution in [-0.2, 0) is 0 Å². The van der Waals surface area contributed by atoms with Crippen LogP contribution in [0.2, 0.25) is 0 Å². The van der Waals surface area contributed by atoms with E-state index in [1.54, 1.807) is 6.92 Å². The van der Waals surface area contributed by atoms with Gasteiger partial charge >= 0.3 is 0 Å². The van der Waals surface area contributed by atoms with Gasteiger partial charge in [0.05, 0.1) is 11.9 Å². The summed E-state index contributed by atoms with van der Waals surface area (Å²) >= 11 is 0. The molecule has 0 bridgehead atoms.